The lowest BCUT2D eigenvalue weighted by molar-refractivity contribution is -0.142. The molecular formula is C21H21N3O2S. The van der Waals surface area contributed by atoms with Gasteiger partial charge in [-0.2, -0.15) is 0 Å². The molecule has 1 fully saturated rings. The molecule has 5 nitrogen and oxygen atoms in total. The van der Waals surface area contributed by atoms with E-state index in [1.807, 2.05) is 67.6 Å². The van der Waals surface area contributed by atoms with Gasteiger partial charge in [0.15, 0.2) is 5.16 Å². The van der Waals surface area contributed by atoms with E-state index in [1.165, 1.54) is 11.8 Å². The molecule has 0 unspecified atom stereocenters. The lowest BCUT2D eigenvalue weighted by Gasteiger charge is -2.16. The molecule has 0 bridgehead atoms. The van der Waals surface area contributed by atoms with Crippen LogP contribution in [0, 0.1) is 0 Å². The normalized spacial score (nSPS) is 14.7. The van der Waals surface area contributed by atoms with Crippen molar-refractivity contribution in [2.45, 2.75) is 36.1 Å². The highest BCUT2D eigenvalue weighted by Gasteiger charge is 2.33. The van der Waals surface area contributed by atoms with E-state index in [1.54, 1.807) is 0 Å². The van der Waals surface area contributed by atoms with Crippen LogP contribution in [-0.4, -0.2) is 27.3 Å². The number of esters is 1. The number of nitrogens with zero attached hydrogens (tertiary/aromatic N) is 3. The average Bonchev–Trinajstić information content (AvgIpc) is 3.47. The third kappa shape index (κ3) is 3.90. The van der Waals surface area contributed by atoms with Gasteiger partial charge in [-0.05, 0) is 37.5 Å². The zero-order valence-corrected chi connectivity index (χ0v) is 15.9. The number of hydrogen-bond donors (Lipinski definition) is 0. The predicted molar refractivity (Wildman–Crippen MR) is 105 cm³/mol. The van der Waals surface area contributed by atoms with Crippen LogP contribution in [0.2, 0.25) is 0 Å². The molecule has 4 rings (SSSR count). The van der Waals surface area contributed by atoms with Gasteiger partial charge in [-0.25, -0.2) is 0 Å². The molecule has 0 amide bonds. The van der Waals surface area contributed by atoms with Crippen LogP contribution >= 0.6 is 11.8 Å². The van der Waals surface area contributed by atoms with E-state index in [0.717, 1.165) is 29.9 Å². The molecule has 1 aromatic heterocycles. The first-order valence-corrected chi connectivity index (χ1v) is 10.0. The van der Waals surface area contributed by atoms with Crippen LogP contribution in [0.3, 0.4) is 0 Å². The van der Waals surface area contributed by atoms with Crippen molar-refractivity contribution in [1.29, 1.82) is 0 Å². The Morgan fingerprint density at radius 2 is 1.78 bits per heavy atom. The van der Waals surface area contributed by atoms with Crippen LogP contribution in [0.25, 0.3) is 5.69 Å². The molecule has 1 aliphatic rings. The maximum atomic E-state index is 12.6. The van der Waals surface area contributed by atoms with Crippen LogP contribution < -0.4 is 0 Å². The number of hydrogen-bond acceptors (Lipinski definition) is 5. The Morgan fingerprint density at radius 1 is 1.11 bits per heavy atom. The second kappa shape index (κ2) is 7.96. The van der Waals surface area contributed by atoms with E-state index < -0.39 is 5.25 Å². The van der Waals surface area contributed by atoms with E-state index in [9.17, 15) is 4.79 Å². The highest BCUT2D eigenvalue weighted by atomic mass is 32.2. The fourth-order valence-corrected chi connectivity index (χ4v) is 4.05. The summed E-state index contributed by atoms with van der Waals surface area (Å²) in [7, 11) is 0. The summed E-state index contributed by atoms with van der Waals surface area (Å²) in [5.74, 6) is 1.16. The molecule has 1 aliphatic carbocycles. The predicted octanol–water partition coefficient (Wildman–Crippen LogP) is 4.54. The van der Waals surface area contributed by atoms with Gasteiger partial charge < -0.3 is 4.74 Å². The van der Waals surface area contributed by atoms with Crippen molar-refractivity contribution in [2.24, 2.45) is 0 Å². The summed E-state index contributed by atoms with van der Waals surface area (Å²) in [6.07, 6.45) is 2.27. The number of rotatable bonds is 7. The van der Waals surface area contributed by atoms with Gasteiger partial charge in [0, 0.05) is 11.6 Å². The summed E-state index contributed by atoms with van der Waals surface area (Å²) in [5.41, 5.74) is 1.92. The molecule has 1 heterocycles. The Morgan fingerprint density at radius 3 is 2.41 bits per heavy atom. The van der Waals surface area contributed by atoms with Crippen molar-refractivity contribution in [2.75, 3.05) is 6.61 Å². The van der Waals surface area contributed by atoms with Crippen LogP contribution in [0.4, 0.5) is 0 Å². The van der Waals surface area contributed by atoms with Gasteiger partial charge >= 0.3 is 5.97 Å². The van der Waals surface area contributed by atoms with Gasteiger partial charge in [0.2, 0.25) is 0 Å². The first kappa shape index (κ1) is 17.8. The highest BCUT2D eigenvalue weighted by Crippen LogP contribution is 2.43. The van der Waals surface area contributed by atoms with Gasteiger partial charge in [-0.15, -0.1) is 10.2 Å². The monoisotopic (exact) mass is 379 g/mol. The fraction of sp³-hybridized carbons (Fsp3) is 0.286. The van der Waals surface area contributed by atoms with Gasteiger partial charge in [0.25, 0.3) is 0 Å². The van der Waals surface area contributed by atoms with Crippen molar-refractivity contribution >= 4 is 17.7 Å². The van der Waals surface area contributed by atoms with Crippen LogP contribution in [0.5, 0.6) is 0 Å². The number of aromatic nitrogens is 3. The van der Waals surface area contributed by atoms with E-state index >= 15 is 0 Å². The Labute approximate surface area is 162 Å². The molecular weight excluding hydrogens is 358 g/mol. The van der Waals surface area contributed by atoms with Crippen molar-refractivity contribution in [3.05, 3.63) is 72.1 Å². The van der Waals surface area contributed by atoms with E-state index in [2.05, 4.69) is 14.8 Å². The lowest BCUT2D eigenvalue weighted by atomic mass is 10.1. The number of carbonyl (C=O) groups is 1. The summed E-state index contributed by atoms with van der Waals surface area (Å²) in [4.78, 5) is 12.6. The first-order valence-electron chi connectivity index (χ1n) is 9.17. The molecule has 0 spiro atoms. The molecule has 27 heavy (non-hydrogen) atoms. The molecule has 3 aromatic rings. The van der Waals surface area contributed by atoms with Gasteiger partial charge in [0.1, 0.15) is 11.1 Å². The van der Waals surface area contributed by atoms with Crippen molar-refractivity contribution in [3.8, 4) is 5.69 Å². The lowest BCUT2D eigenvalue weighted by Crippen LogP contribution is -2.14. The quantitative estimate of drug-likeness (QED) is 0.445. The van der Waals surface area contributed by atoms with E-state index in [4.69, 9.17) is 4.74 Å². The van der Waals surface area contributed by atoms with Gasteiger partial charge in [-0.3, -0.25) is 9.36 Å². The summed E-state index contributed by atoms with van der Waals surface area (Å²) in [6.45, 7) is 2.17. The number of benzene rings is 2. The smallest absolute Gasteiger partial charge is 0.324 e. The third-order valence-electron chi connectivity index (χ3n) is 4.44. The maximum absolute atomic E-state index is 12.6. The van der Waals surface area contributed by atoms with Crippen molar-refractivity contribution in [3.63, 3.8) is 0 Å². The van der Waals surface area contributed by atoms with Crippen LogP contribution in [-0.2, 0) is 9.53 Å². The van der Waals surface area contributed by atoms with Gasteiger partial charge in [-0.1, -0.05) is 60.3 Å². The van der Waals surface area contributed by atoms with Crippen molar-refractivity contribution in [1.82, 2.24) is 14.8 Å². The second-order valence-electron chi connectivity index (χ2n) is 6.45. The molecule has 0 saturated heterocycles. The zero-order chi connectivity index (χ0) is 18.6. The topological polar surface area (TPSA) is 57.0 Å². The van der Waals surface area contributed by atoms with E-state index in [-0.39, 0.29) is 5.97 Å². The van der Waals surface area contributed by atoms with Gasteiger partial charge in [0.05, 0.1) is 6.61 Å². The Hall–Kier alpha value is -2.60. The molecule has 1 saturated carbocycles. The number of carbonyl (C=O) groups excluding carboxylic acids is 1. The molecule has 0 radical (unpaired) electrons. The molecule has 1 atom stereocenters. The molecule has 2 aromatic carbocycles. The SMILES string of the molecule is CCOC(=O)[C@@H](Sc1nnc(C2CC2)n1-c1ccccc1)c1ccccc1. The number of ether oxygens (including phenoxy) is 1. The maximum Gasteiger partial charge on any atom is 0.324 e. The Bertz CT molecular complexity index is 908. The Kier molecular flexibility index (Phi) is 5.25. The zero-order valence-electron chi connectivity index (χ0n) is 15.1. The molecule has 0 aliphatic heterocycles. The van der Waals surface area contributed by atoms with E-state index in [0.29, 0.717) is 17.7 Å². The largest absolute Gasteiger partial charge is 0.465 e. The first-order chi connectivity index (χ1) is 13.3. The number of thioether (sulfide) groups is 1. The minimum atomic E-state index is -0.482. The molecule has 0 N–H and O–H groups in total. The third-order valence-corrected chi connectivity index (χ3v) is 5.62. The fourth-order valence-electron chi connectivity index (χ4n) is 2.99. The summed E-state index contributed by atoms with van der Waals surface area (Å²) in [5, 5.41) is 9.11. The van der Waals surface area contributed by atoms with Crippen LogP contribution in [0.1, 0.15) is 42.3 Å². The number of para-hydroxylation sites is 1. The minimum absolute atomic E-state index is 0.260. The second-order valence-corrected chi connectivity index (χ2v) is 7.52. The summed E-state index contributed by atoms with van der Waals surface area (Å²) >= 11 is 1.39. The standard InChI is InChI=1S/C21H21N3O2S/c1-2-26-20(25)18(15-9-5-3-6-10-15)27-21-23-22-19(16-13-14-16)24(21)17-11-7-4-8-12-17/h3-12,16,18H,2,13-14H2,1H3/t18-/m0/s1. The molecule has 138 valence electrons. The van der Waals surface area contributed by atoms with Crippen LogP contribution in [0.15, 0.2) is 65.8 Å². The molecule has 6 heteroatoms. The highest BCUT2D eigenvalue weighted by molar-refractivity contribution is 8.00. The summed E-state index contributed by atoms with van der Waals surface area (Å²) < 4.78 is 7.41. The average molecular weight is 379 g/mol. The summed E-state index contributed by atoms with van der Waals surface area (Å²) in [6, 6.07) is 19.8. The Balaban J connectivity index is 1.72. The minimum Gasteiger partial charge on any atom is -0.465 e. The van der Waals surface area contributed by atoms with Crippen molar-refractivity contribution < 1.29 is 9.53 Å².